The van der Waals surface area contributed by atoms with Crippen molar-refractivity contribution in [2.24, 2.45) is 5.41 Å². The van der Waals surface area contributed by atoms with Crippen LogP contribution < -0.4 is 10.1 Å². The number of benzene rings is 2. The van der Waals surface area contributed by atoms with E-state index in [9.17, 15) is 9.90 Å². The Kier molecular flexibility index (Phi) is 7.46. The van der Waals surface area contributed by atoms with Gasteiger partial charge in [0.15, 0.2) is 0 Å². The van der Waals surface area contributed by atoms with Gasteiger partial charge < -0.3 is 19.9 Å². The molecule has 0 bridgehead atoms. The topological polar surface area (TPSA) is 67.8 Å². The van der Waals surface area contributed by atoms with Gasteiger partial charge in [0.2, 0.25) is 0 Å². The quantitative estimate of drug-likeness (QED) is 0.656. The van der Waals surface area contributed by atoms with Gasteiger partial charge >= 0.3 is 5.97 Å². The fourth-order valence-electron chi connectivity index (χ4n) is 2.74. The van der Waals surface area contributed by atoms with Crippen LogP contribution in [0.1, 0.15) is 46.3 Å². The third-order valence-electron chi connectivity index (χ3n) is 4.31. The minimum Gasteiger partial charge on any atom is -0.508 e. The maximum absolute atomic E-state index is 12.5. The second-order valence-electron chi connectivity index (χ2n) is 8.15. The fraction of sp³-hybridized carbons (Fsp3) is 0.435. The SMILES string of the molecule is CC(COc1ccccc1)NC(C)C(OC(=O)C(C)(C)C)c1ccc(O)cc1. The normalized spacial score (nSPS) is 14.8. The van der Waals surface area contributed by atoms with Crippen molar-refractivity contribution in [3.8, 4) is 11.5 Å². The van der Waals surface area contributed by atoms with E-state index in [0.717, 1.165) is 11.3 Å². The van der Waals surface area contributed by atoms with Crippen molar-refractivity contribution in [3.05, 3.63) is 60.2 Å². The lowest BCUT2D eigenvalue weighted by atomic mass is 9.96. The van der Waals surface area contributed by atoms with Crippen molar-refractivity contribution in [3.63, 3.8) is 0 Å². The number of esters is 1. The molecule has 0 aliphatic rings. The standard InChI is InChI=1S/C23H31NO4/c1-16(15-27-20-9-7-6-8-10-20)24-17(2)21(28-22(26)23(3,4)5)18-11-13-19(25)14-12-18/h6-14,16-17,21,24-25H,15H2,1-5H3. The summed E-state index contributed by atoms with van der Waals surface area (Å²) in [6, 6.07) is 16.3. The van der Waals surface area contributed by atoms with Crippen LogP contribution in [0.3, 0.4) is 0 Å². The molecule has 0 spiro atoms. The largest absolute Gasteiger partial charge is 0.508 e. The Morgan fingerprint density at radius 2 is 1.64 bits per heavy atom. The Hall–Kier alpha value is -2.53. The van der Waals surface area contributed by atoms with Crippen LogP contribution in [-0.2, 0) is 9.53 Å². The van der Waals surface area contributed by atoms with Gasteiger partial charge in [-0.2, -0.15) is 0 Å². The summed E-state index contributed by atoms with van der Waals surface area (Å²) in [6.07, 6.45) is -0.480. The summed E-state index contributed by atoms with van der Waals surface area (Å²) in [4.78, 5) is 12.5. The van der Waals surface area contributed by atoms with E-state index in [-0.39, 0.29) is 23.8 Å². The summed E-state index contributed by atoms with van der Waals surface area (Å²) >= 11 is 0. The molecule has 3 atom stereocenters. The second-order valence-corrected chi connectivity index (χ2v) is 8.15. The highest BCUT2D eigenvalue weighted by atomic mass is 16.5. The molecule has 0 saturated carbocycles. The van der Waals surface area contributed by atoms with E-state index in [1.165, 1.54) is 0 Å². The molecule has 2 rings (SSSR count). The molecule has 0 aliphatic heterocycles. The third-order valence-corrected chi connectivity index (χ3v) is 4.31. The van der Waals surface area contributed by atoms with Gasteiger partial charge in [0, 0.05) is 12.1 Å². The Morgan fingerprint density at radius 1 is 1.04 bits per heavy atom. The first-order valence-corrected chi connectivity index (χ1v) is 9.60. The first-order valence-electron chi connectivity index (χ1n) is 9.60. The molecule has 28 heavy (non-hydrogen) atoms. The number of para-hydroxylation sites is 1. The van der Waals surface area contributed by atoms with Crippen molar-refractivity contribution in [2.75, 3.05) is 6.61 Å². The highest BCUT2D eigenvalue weighted by molar-refractivity contribution is 5.75. The number of hydrogen-bond donors (Lipinski definition) is 2. The molecule has 0 aliphatic carbocycles. The van der Waals surface area contributed by atoms with E-state index in [1.54, 1.807) is 24.3 Å². The minimum absolute atomic E-state index is 0.0446. The third kappa shape index (κ3) is 6.57. The van der Waals surface area contributed by atoms with Crippen molar-refractivity contribution in [1.82, 2.24) is 5.32 Å². The Bertz CT molecular complexity index is 737. The molecule has 3 unspecified atom stereocenters. The molecular formula is C23H31NO4. The number of phenols is 1. The molecule has 0 saturated heterocycles. The van der Waals surface area contributed by atoms with E-state index in [0.29, 0.717) is 6.61 Å². The zero-order chi connectivity index (χ0) is 20.7. The number of carbonyl (C=O) groups is 1. The van der Waals surface area contributed by atoms with Crippen LogP contribution >= 0.6 is 0 Å². The second kappa shape index (κ2) is 9.60. The van der Waals surface area contributed by atoms with Gasteiger partial charge in [-0.05, 0) is 64.4 Å². The maximum atomic E-state index is 12.5. The van der Waals surface area contributed by atoms with Crippen LogP contribution in [0.5, 0.6) is 11.5 Å². The van der Waals surface area contributed by atoms with Gasteiger partial charge in [0.1, 0.15) is 24.2 Å². The molecule has 5 heteroatoms. The number of ether oxygens (including phenoxy) is 2. The molecular weight excluding hydrogens is 354 g/mol. The van der Waals surface area contributed by atoms with Crippen molar-refractivity contribution < 1.29 is 19.4 Å². The van der Waals surface area contributed by atoms with E-state index in [1.807, 2.05) is 65.0 Å². The van der Waals surface area contributed by atoms with E-state index in [2.05, 4.69) is 5.32 Å². The number of rotatable bonds is 8. The van der Waals surface area contributed by atoms with Crippen LogP contribution in [0.4, 0.5) is 0 Å². The number of phenolic OH excluding ortho intramolecular Hbond substituents is 1. The highest BCUT2D eigenvalue weighted by Crippen LogP contribution is 2.27. The molecule has 0 heterocycles. The fourth-order valence-corrected chi connectivity index (χ4v) is 2.74. The van der Waals surface area contributed by atoms with E-state index < -0.39 is 11.5 Å². The monoisotopic (exact) mass is 385 g/mol. The summed E-state index contributed by atoms with van der Waals surface area (Å²) in [5, 5.41) is 13.0. The van der Waals surface area contributed by atoms with E-state index >= 15 is 0 Å². The zero-order valence-corrected chi connectivity index (χ0v) is 17.3. The zero-order valence-electron chi connectivity index (χ0n) is 17.3. The highest BCUT2D eigenvalue weighted by Gasteiger charge is 2.30. The summed E-state index contributed by atoms with van der Waals surface area (Å²) in [6.45, 7) is 9.99. The lowest BCUT2D eigenvalue weighted by Gasteiger charge is -2.30. The summed E-state index contributed by atoms with van der Waals surface area (Å²) in [5.41, 5.74) is 0.225. The molecule has 5 nitrogen and oxygen atoms in total. The van der Waals surface area contributed by atoms with Crippen LogP contribution in [0.15, 0.2) is 54.6 Å². The Morgan fingerprint density at radius 3 is 2.21 bits per heavy atom. The number of aromatic hydroxyl groups is 1. The van der Waals surface area contributed by atoms with Crippen LogP contribution in [0.2, 0.25) is 0 Å². The van der Waals surface area contributed by atoms with Gasteiger partial charge in [-0.15, -0.1) is 0 Å². The van der Waals surface area contributed by atoms with Gasteiger partial charge in [-0.1, -0.05) is 30.3 Å². The lowest BCUT2D eigenvalue weighted by molar-refractivity contribution is -0.160. The number of hydrogen-bond acceptors (Lipinski definition) is 5. The molecule has 152 valence electrons. The van der Waals surface area contributed by atoms with Gasteiger partial charge in [0.25, 0.3) is 0 Å². The molecule has 0 radical (unpaired) electrons. The molecule has 2 aromatic carbocycles. The first kappa shape index (κ1) is 21.8. The summed E-state index contributed by atoms with van der Waals surface area (Å²) in [5.74, 6) is 0.723. The predicted molar refractivity (Wildman–Crippen MR) is 110 cm³/mol. The van der Waals surface area contributed by atoms with Gasteiger partial charge in [-0.3, -0.25) is 4.79 Å². The predicted octanol–water partition coefficient (Wildman–Crippen LogP) is 4.47. The minimum atomic E-state index is -0.600. The molecule has 0 fully saturated rings. The average Bonchev–Trinajstić information content (AvgIpc) is 2.65. The Labute approximate surface area is 167 Å². The molecule has 0 aromatic heterocycles. The number of nitrogens with one attached hydrogen (secondary N) is 1. The van der Waals surface area contributed by atoms with Crippen LogP contribution in [0, 0.1) is 5.41 Å². The Balaban J connectivity index is 2.05. The van der Waals surface area contributed by atoms with Crippen LogP contribution in [-0.4, -0.2) is 29.8 Å². The lowest BCUT2D eigenvalue weighted by Crippen LogP contribution is -2.43. The van der Waals surface area contributed by atoms with Crippen LogP contribution in [0.25, 0.3) is 0 Å². The van der Waals surface area contributed by atoms with E-state index in [4.69, 9.17) is 9.47 Å². The maximum Gasteiger partial charge on any atom is 0.311 e. The van der Waals surface area contributed by atoms with Gasteiger partial charge in [0.05, 0.1) is 5.41 Å². The summed E-state index contributed by atoms with van der Waals surface area (Å²) in [7, 11) is 0. The average molecular weight is 386 g/mol. The molecule has 2 N–H and O–H groups in total. The first-order chi connectivity index (χ1) is 13.2. The van der Waals surface area contributed by atoms with Gasteiger partial charge in [-0.25, -0.2) is 0 Å². The summed E-state index contributed by atoms with van der Waals surface area (Å²) < 4.78 is 11.6. The molecule has 0 amide bonds. The smallest absolute Gasteiger partial charge is 0.311 e. The van der Waals surface area contributed by atoms with Crippen molar-refractivity contribution in [2.45, 2.75) is 52.8 Å². The molecule has 2 aromatic rings. The number of carbonyl (C=O) groups excluding carboxylic acids is 1. The van der Waals surface area contributed by atoms with Crippen molar-refractivity contribution in [1.29, 1.82) is 0 Å². The van der Waals surface area contributed by atoms with Crippen molar-refractivity contribution >= 4 is 5.97 Å².